The molecule has 1 saturated heterocycles. The first-order valence-electron chi connectivity index (χ1n) is 4.58. The molecule has 11 heavy (non-hydrogen) atoms. The molecule has 2 atom stereocenters. The molecule has 1 aliphatic heterocycles. The van der Waals surface area contributed by atoms with E-state index in [-0.39, 0.29) is 0 Å². The first-order chi connectivity index (χ1) is 5.38. The zero-order valence-electron chi connectivity index (χ0n) is 7.12. The lowest BCUT2D eigenvalue weighted by molar-refractivity contribution is 0.346. The Bertz CT molecular complexity index is 167. The molecule has 1 heterocycles. The summed E-state index contributed by atoms with van der Waals surface area (Å²) in [5.74, 6) is 1.75. The van der Waals surface area contributed by atoms with Crippen LogP contribution in [0.4, 0.5) is 0 Å². The van der Waals surface area contributed by atoms with Crippen LogP contribution in [-0.2, 0) is 4.65 Å². The molecule has 60 valence electrons. The molecule has 2 bridgehead atoms. The average molecular weight is 150 g/mol. The maximum absolute atomic E-state index is 5.39. The van der Waals surface area contributed by atoms with Crippen LogP contribution in [0.3, 0.4) is 0 Å². The summed E-state index contributed by atoms with van der Waals surface area (Å²) in [6.07, 6.45) is 9.97. The molecule has 1 aliphatic carbocycles. The van der Waals surface area contributed by atoms with E-state index in [1.165, 1.54) is 25.5 Å². The molecule has 2 aliphatic rings. The van der Waals surface area contributed by atoms with Crippen LogP contribution in [-0.4, -0.2) is 14.0 Å². The van der Waals surface area contributed by atoms with Gasteiger partial charge in [-0.1, -0.05) is 12.2 Å². The Hall–Kier alpha value is -0.235. The van der Waals surface area contributed by atoms with Gasteiger partial charge in [-0.25, -0.2) is 0 Å². The Morgan fingerprint density at radius 2 is 2.36 bits per heavy atom. The summed E-state index contributed by atoms with van der Waals surface area (Å²) in [6, 6.07) is 0. The molecule has 0 aromatic carbocycles. The maximum Gasteiger partial charge on any atom is 0.293 e. The number of hydrogen-bond acceptors (Lipinski definition) is 1. The lowest BCUT2D eigenvalue weighted by atomic mass is 9.48. The first-order valence-corrected chi connectivity index (χ1v) is 4.58. The van der Waals surface area contributed by atoms with Crippen LogP contribution >= 0.6 is 0 Å². The summed E-state index contributed by atoms with van der Waals surface area (Å²) in [6.45, 7) is 0.545. The highest BCUT2D eigenvalue weighted by molar-refractivity contribution is 6.52. The van der Waals surface area contributed by atoms with E-state index in [9.17, 15) is 0 Å². The number of rotatable bonds is 1. The largest absolute Gasteiger partial charge is 0.438 e. The van der Waals surface area contributed by atoms with Crippen molar-refractivity contribution in [2.75, 3.05) is 7.11 Å². The summed E-state index contributed by atoms with van der Waals surface area (Å²) in [5, 5.41) is 0. The van der Waals surface area contributed by atoms with Gasteiger partial charge in [0.1, 0.15) is 0 Å². The minimum atomic E-state index is 0.545. The van der Waals surface area contributed by atoms with Crippen molar-refractivity contribution in [3.63, 3.8) is 0 Å². The van der Waals surface area contributed by atoms with Gasteiger partial charge in [-0.05, 0) is 37.3 Å². The van der Waals surface area contributed by atoms with Crippen molar-refractivity contribution < 1.29 is 4.65 Å². The Morgan fingerprint density at radius 1 is 1.45 bits per heavy atom. The van der Waals surface area contributed by atoms with Crippen molar-refractivity contribution >= 4 is 6.92 Å². The second-order valence-electron chi connectivity index (χ2n) is 3.85. The van der Waals surface area contributed by atoms with Gasteiger partial charge in [-0.3, -0.25) is 0 Å². The normalized spacial score (nSPS) is 35.9. The van der Waals surface area contributed by atoms with E-state index in [0.29, 0.717) is 6.92 Å². The topological polar surface area (TPSA) is 9.23 Å². The molecule has 2 rings (SSSR count). The van der Waals surface area contributed by atoms with Crippen molar-refractivity contribution in [3.05, 3.63) is 12.2 Å². The Kier molecular flexibility index (Phi) is 2.03. The fraction of sp³-hybridized carbons (Fsp3) is 0.778. The third kappa shape index (κ3) is 1.51. The van der Waals surface area contributed by atoms with Gasteiger partial charge in [0.25, 0.3) is 6.92 Å². The van der Waals surface area contributed by atoms with Crippen LogP contribution in [0.2, 0.25) is 12.6 Å². The molecular weight excluding hydrogens is 135 g/mol. The SMILES string of the molecule is COB1C[C@@H]2C=CC[C@H](C1)C2. The van der Waals surface area contributed by atoms with E-state index in [1.54, 1.807) is 0 Å². The van der Waals surface area contributed by atoms with Gasteiger partial charge in [-0.15, -0.1) is 0 Å². The van der Waals surface area contributed by atoms with Crippen molar-refractivity contribution in [1.29, 1.82) is 0 Å². The van der Waals surface area contributed by atoms with E-state index < -0.39 is 0 Å². The third-order valence-corrected chi connectivity index (χ3v) is 3.01. The van der Waals surface area contributed by atoms with Gasteiger partial charge in [-0.2, -0.15) is 0 Å². The van der Waals surface area contributed by atoms with Gasteiger partial charge < -0.3 is 4.65 Å². The van der Waals surface area contributed by atoms with Gasteiger partial charge in [0.2, 0.25) is 0 Å². The lowest BCUT2D eigenvalue weighted by Gasteiger charge is -2.33. The van der Waals surface area contributed by atoms with E-state index in [0.717, 1.165) is 11.8 Å². The van der Waals surface area contributed by atoms with Crippen LogP contribution in [0, 0.1) is 11.8 Å². The maximum atomic E-state index is 5.39. The highest BCUT2D eigenvalue weighted by atomic mass is 16.4. The first kappa shape index (κ1) is 7.42. The van der Waals surface area contributed by atoms with Crippen LogP contribution < -0.4 is 0 Å². The Morgan fingerprint density at radius 3 is 3.09 bits per heavy atom. The van der Waals surface area contributed by atoms with Crippen molar-refractivity contribution in [2.45, 2.75) is 25.5 Å². The molecule has 0 aromatic rings. The second-order valence-corrected chi connectivity index (χ2v) is 3.85. The minimum Gasteiger partial charge on any atom is -0.438 e. The molecular formula is C9H15BO. The molecule has 0 saturated carbocycles. The summed E-state index contributed by atoms with van der Waals surface area (Å²) < 4.78 is 5.39. The zero-order chi connectivity index (χ0) is 7.68. The third-order valence-electron chi connectivity index (χ3n) is 3.01. The molecule has 2 heteroatoms. The van der Waals surface area contributed by atoms with Gasteiger partial charge in [0.05, 0.1) is 0 Å². The summed E-state index contributed by atoms with van der Waals surface area (Å²) in [5.41, 5.74) is 0. The molecule has 0 N–H and O–H groups in total. The van der Waals surface area contributed by atoms with Crippen molar-refractivity contribution in [1.82, 2.24) is 0 Å². The Labute approximate surface area is 68.9 Å². The molecule has 0 radical (unpaired) electrons. The number of allylic oxidation sites excluding steroid dienone is 2. The van der Waals surface area contributed by atoms with E-state index in [4.69, 9.17) is 4.65 Å². The van der Waals surface area contributed by atoms with Crippen molar-refractivity contribution in [2.24, 2.45) is 11.8 Å². The molecule has 0 spiro atoms. The number of fused-ring (bicyclic) bond motifs is 2. The minimum absolute atomic E-state index is 0.545. The van der Waals surface area contributed by atoms with E-state index >= 15 is 0 Å². The number of hydrogen-bond donors (Lipinski definition) is 0. The van der Waals surface area contributed by atoms with Crippen LogP contribution in [0.1, 0.15) is 12.8 Å². The summed E-state index contributed by atoms with van der Waals surface area (Å²) >= 11 is 0. The molecule has 0 aromatic heterocycles. The molecule has 1 nitrogen and oxygen atoms in total. The molecule has 1 fully saturated rings. The highest BCUT2D eigenvalue weighted by Crippen LogP contribution is 2.36. The van der Waals surface area contributed by atoms with E-state index in [1.807, 2.05) is 7.11 Å². The second kappa shape index (κ2) is 3.02. The smallest absolute Gasteiger partial charge is 0.293 e. The monoisotopic (exact) mass is 150 g/mol. The van der Waals surface area contributed by atoms with Crippen LogP contribution in [0.15, 0.2) is 12.2 Å². The van der Waals surface area contributed by atoms with Gasteiger partial charge in [0.15, 0.2) is 0 Å². The fourth-order valence-corrected chi connectivity index (χ4v) is 2.43. The fourth-order valence-electron chi connectivity index (χ4n) is 2.43. The summed E-state index contributed by atoms with van der Waals surface area (Å²) in [4.78, 5) is 0. The molecule has 0 amide bonds. The average Bonchev–Trinajstić information content (AvgIpc) is 2.03. The Balaban J connectivity index is 2.02. The van der Waals surface area contributed by atoms with Crippen LogP contribution in [0.5, 0.6) is 0 Å². The van der Waals surface area contributed by atoms with Crippen molar-refractivity contribution in [3.8, 4) is 0 Å². The molecule has 0 unspecified atom stereocenters. The van der Waals surface area contributed by atoms with Gasteiger partial charge in [0, 0.05) is 7.11 Å². The lowest BCUT2D eigenvalue weighted by Crippen LogP contribution is -2.31. The van der Waals surface area contributed by atoms with E-state index in [2.05, 4.69) is 12.2 Å². The standard InChI is InChI=1S/C9H15BO/c1-11-10-6-8-3-2-4-9(5-8)7-10/h2-3,8-9H,4-7H2,1H3/t8-,9+/m1/s1. The summed E-state index contributed by atoms with van der Waals surface area (Å²) in [7, 11) is 1.84. The van der Waals surface area contributed by atoms with Crippen LogP contribution in [0.25, 0.3) is 0 Å². The quantitative estimate of drug-likeness (QED) is 0.411. The predicted molar refractivity (Wildman–Crippen MR) is 47.7 cm³/mol. The zero-order valence-corrected chi connectivity index (χ0v) is 7.12. The van der Waals surface area contributed by atoms with Gasteiger partial charge >= 0.3 is 0 Å². The predicted octanol–water partition coefficient (Wildman–Crippen LogP) is 2.22. The highest BCUT2D eigenvalue weighted by Gasteiger charge is 2.31.